The maximum absolute atomic E-state index is 10.6. The Morgan fingerprint density at radius 3 is 2.82 bits per heavy atom. The summed E-state index contributed by atoms with van der Waals surface area (Å²) < 4.78 is 0. The molecule has 1 fully saturated rings. The lowest BCUT2D eigenvalue weighted by atomic mass is 10.0. The third-order valence-electron chi connectivity index (χ3n) is 2.98. The predicted octanol–water partition coefficient (Wildman–Crippen LogP) is 2.29. The molecule has 1 aliphatic rings. The summed E-state index contributed by atoms with van der Waals surface area (Å²) in [6.07, 6.45) is 3.32. The third kappa shape index (κ3) is 3.71. The lowest BCUT2D eigenvalue weighted by Gasteiger charge is -2.28. The standard InChI is InChI=1S/C14H17NO2/c16-14(17)9-13-7-4-8-15(11-13)10-12-5-2-1-3-6-12/h1-3,5-6,9H,4,7-8,10-11H2,(H,16,17)/b13-9-. The van der Waals surface area contributed by atoms with E-state index in [-0.39, 0.29) is 0 Å². The molecule has 1 heterocycles. The summed E-state index contributed by atoms with van der Waals surface area (Å²) in [5.74, 6) is -0.832. The Labute approximate surface area is 101 Å². The van der Waals surface area contributed by atoms with Crippen molar-refractivity contribution in [2.75, 3.05) is 13.1 Å². The maximum atomic E-state index is 10.6. The summed E-state index contributed by atoms with van der Waals surface area (Å²) in [7, 11) is 0. The zero-order valence-electron chi connectivity index (χ0n) is 9.80. The maximum Gasteiger partial charge on any atom is 0.328 e. The van der Waals surface area contributed by atoms with Crippen LogP contribution in [0.1, 0.15) is 18.4 Å². The molecule has 3 nitrogen and oxygen atoms in total. The van der Waals surface area contributed by atoms with E-state index >= 15 is 0 Å². The molecule has 1 aromatic carbocycles. The monoisotopic (exact) mass is 231 g/mol. The van der Waals surface area contributed by atoms with Gasteiger partial charge in [0.2, 0.25) is 0 Å². The van der Waals surface area contributed by atoms with E-state index in [1.54, 1.807) is 0 Å². The number of aliphatic carboxylic acids is 1. The first kappa shape index (κ1) is 11.9. The van der Waals surface area contributed by atoms with E-state index in [1.807, 2.05) is 18.2 Å². The van der Waals surface area contributed by atoms with Gasteiger partial charge in [-0.05, 0) is 30.5 Å². The minimum Gasteiger partial charge on any atom is -0.478 e. The van der Waals surface area contributed by atoms with E-state index in [4.69, 9.17) is 5.11 Å². The van der Waals surface area contributed by atoms with Gasteiger partial charge >= 0.3 is 5.97 Å². The molecule has 1 aliphatic heterocycles. The van der Waals surface area contributed by atoms with Gasteiger partial charge in [0.1, 0.15) is 0 Å². The second kappa shape index (κ2) is 5.64. The fourth-order valence-electron chi connectivity index (χ4n) is 2.24. The van der Waals surface area contributed by atoms with Crippen molar-refractivity contribution < 1.29 is 9.90 Å². The highest BCUT2D eigenvalue weighted by Gasteiger charge is 2.14. The van der Waals surface area contributed by atoms with Crippen LogP contribution in [0.4, 0.5) is 0 Å². The number of likely N-dealkylation sites (tertiary alicyclic amines) is 1. The molecule has 3 heteroatoms. The minimum atomic E-state index is -0.832. The van der Waals surface area contributed by atoms with Crippen LogP contribution in [0.2, 0.25) is 0 Å². The van der Waals surface area contributed by atoms with Crippen LogP contribution in [0.3, 0.4) is 0 Å². The van der Waals surface area contributed by atoms with Gasteiger partial charge in [0.05, 0.1) is 0 Å². The average molecular weight is 231 g/mol. The van der Waals surface area contributed by atoms with Gasteiger partial charge in [-0.3, -0.25) is 4.90 Å². The van der Waals surface area contributed by atoms with Gasteiger partial charge in [0.15, 0.2) is 0 Å². The van der Waals surface area contributed by atoms with Crippen LogP contribution in [0, 0.1) is 0 Å². The van der Waals surface area contributed by atoms with Crippen molar-refractivity contribution in [2.24, 2.45) is 0 Å². The first-order chi connectivity index (χ1) is 8.24. The first-order valence-electron chi connectivity index (χ1n) is 5.93. The Bertz CT molecular complexity index is 411. The molecule has 0 aliphatic carbocycles. The van der Waals surface area contributed by atoms with Gasteiger partial charge in [-0.2, -0.15) is 0 Å². The fraction of sp³-hybridized carbons (Fsp3) is 0.357. The minimum absolute atomic E-state index is 0.779. The van der Waals surface area contributed by atoms with Crippen molar-refractivity contribution in [3.8, 4) is 0 Å². The lowest BCUT2D eigenvalue weighted by molar-refractivity contribution is -0.131. The van der Waals surface area contributed by atoms with Crippen LogP contribution in [0.15, 0.2) is 42.0 Å². The number of hydrogen-bond donors (Lipinski definition) is 1. The molecule has 0 radical (unpaired) electrons. The number of hydrogen-bond acceptors (Lipinski definition) is 2. The van der Waals surface area contributed by atoms with E-state index in [0.717, 1.165) is 38.0 Å². The average Bonchev–Trinajstić information content (AvgIpc) is 2.30. The quantitative estimate of drug-likeness (QED) is 0.811. The molecule has 1 aromatic rings. The highest BCUT2D eigenvalue weighted by atomic mass is 16.4. The second-order valence-electron chi connectivity index (χ2n) is 4.44. The molecule has 0 saturated carbocycles. The number of carboxylic acid groups (broad SMARTS) is 1. The van der Waals surface area contributed by atoms with E-state index in [0.29, 0.717) is 0 Å². The van der Waals surface area contributed by atoms with E-state index in [9.17, 15) is 4.79 Å². The molecule has 90 valence electrons. The van der Waals surface area contributed by atoms with Gasteiger partial charge in [-0.15, -0.1) is 0 Å². The topological polar surface area (TPSA) is 40.5 Å². The van der Waals surface area contributed by atoms with Crippen molar-refractivity contribution in [3.05, 3.63) is 47.5 Å². The van der Waals surface area contributed by atoms with Crippen LogP contribution in [-0.2, 0) is 11.3 Å². The van der Waals surface area contributed by atoms with E-state index < -0.39 is 5.97 Å². The van der Waals surface area contributed by atoms with Gasteiger partial charge in [-0.25, -0.2) is 4.79 Å². The molecule has 17 heavy (non-hydrogen) atoms. The zero-order chi connectivity index (χ0) is 12.1. The normalized spacial score (nSPS) is 19.4. The van der Waals surface area contributed by atoms with Gasteiger partial charge in [0.25, 0.3) is 0 Å². The number of benzene rings is 1. The van der Waals surface area contributed by atoms with E-state index in [2.05, 4.69) is 17.0 Å². The SMILES string of the molecule is O=C(O)/C=C1/CCCN(Cc2ccccc2)C1. The molecule has 1 saturated heterocycles. The van der Waals surface area contributed by atoms with Crippen LogP contribution < -0.4 is 0 Å². The summed E-state index contributed by atoms with van der Waals surface area (Å²) >= 11 is 0. The molecule has 2 rings (SSSR count). The highest BCUT2D eigenvalue weighted by Crippen LogP contribution is 2.17. The molecular weight excluding hydrogens is 214 g/mol. The van der Waals surface area contributed by atoms with Crippen LogP contribution in [0.5, 0.6) is 0 Å². The van der Waals surface area contributed by atoms with Crippen LogP contribution >= 0.6 is 0 Å². The summed E-state index contributed by atoms with van der Waals surface area (Å²) in [6, 6.07) is 10.3. The van der Waals surface area contributed by atoms with Gasteiger partial charge in [0, 0.05) is 19.2 Å². The Morgan fingerprint density at radius 1 is 1.35 bits per heavy atom. The number of carbonyl (C=O) groups is 1. The van der Waals surface area contributed by atoms with Crippen molar-refractivity contribution in [3.63, 3.8) is 0 Å². The Morgan fingerprint density at radius 2 is 2.12 bits per heavy atom. The molecule has 0 spiro atoms. The summed E-state index contributed by atoms with van der Waals surface area (Å²) in [5.41, 5.74) is 2.31. The molecule has 0 aromatic heterocycles. The highest BCUT2D eigenvalue weighted by molar-refractivity contribution is 5.80. The largest absolute Gasteiger partial charge is 0.478 e. The summed E-state index contributed by atoms with van der Waals surface area (Å²) in [5, 5.41) is 8.75. The van der Waals surface area contributed by atoms with E-state index in [1.165, 1.54) is 11.6 Å². The molecule has 0 atom stereocenters. The number of carboxylic acids is 1. The van der Waals surface area contributed by atoms with Crippen molar-refractivity contribution in [1.82, 2.24) is 4.90 Å². The number of nitrogens with zero attached hydrogens (tertiary/aromatic N) is 1. The Kier molecular flexibility index (Phi) is 3.94. The van der Waals surface area contributed by atoms with Crippen LogP contribution in [-0.4, -0.2) is 29.1 Å². The van der Waals surface area contributed by atoms with Crippen molar-refractivity contribution in [2.45, 2.75) is 19.4 Å². The number of rotatable bonds is 3. The molecular formula is C14H17NO2. The lowest BCUT2D eigenvalue weighted by Crippen LogP contribution is -2.31. The Hall–Kier alpha value is -1.61. The first-order valence-corrected chi connectivity index (χ1v) is 5.93. The predicted molar refractivity (Wildman–Crippen MR) is 66.7 cm³/mol. The van der Waals surface area contributed by atoms with Gasteiger partial charge < -0.3 is 5.11 Å². The van der Waals surface area contributed by atoms with Crippen molar-refractivity contribution >= 4 is 5.97 Å². The van der Waals surface area contributed by atoms with Gasteiger partial charge in [-0.1, -0.05) is 30.3 Å². The Balaban J connectivity index is 1.96. The summed E-state index contributed by atoms with van der Waals surface area (Å²) in [6.45, 7) is 2.73. The molecule has 0 unspecified atom stereocenters. The van der Waals surface area contributed by atoms with Crippen molar-refractivity contribution in [1.29, 1.82) is 0 Å². The smallest absolute Gasteiger partial charge is 0.328 e. The fourth-order valence-corrected chi connectivity index (χ4v) is 2.24. The molecule has 0 bridgehead atoms. The molecule has 1 N–H and O–H groups in total. The number of piperidine rings is 1. The molecule has 0 amide bonds. The zero-order valence-corrected chi connectivity index (χ0v) is 9.80. The second-order valence-corrected chi connectivity index (χ2v) is 4.44. The van der Waals surface area contributed by atoms with Crippen LogP contribution in [0.25, 0.3) is 0 Å². The third-order valence-corrected chi connectivity index (χ3v) is 2.98. The summed E-state index contributed by atoms with van der Waals surface area (Å²) in [4.78, 5) is 12.9.